The number of fused-ring (bicyclic) bond motifs is 1. The minimum Gasteiger partial charge on any atom is -0.379 e. The van der Waals surface area contributed by atoms with Crippen LogP contribution in [0, 0.1) is 5.92 Å². The quantitative estimate of drug-likeness (QED) is 0.593. The van der Waals surface area contributed by atoms with E-state index in [9.17, 15) is 0 Å². The molecule has 0 atom stereocenters. The van der Waals surface area contributed by atoms with Crippen LogP contribution in [0.3, 0.4) is 0 Å². The third-order valence-corrected chi connectivity index (χ3v) is 3.29. The Morgan fingerprint density at radius 1 is 1.37 bits per heavy atom. The minimum atomic E-state index is 0.385. The largest absolute Gasteiger partial charge is 0.379 e. The molecule has 0 N–H and O–H groups in total. The maximum atomic E-state index is 5.98. The summed E-state index contributed by atoms with van der Waals surface area (Å²) in [7, 11) is 0. The maximum absolute atomic E-state index is 5.98. The molecule has 2 rings (SSSR count). The van der Waals surface area contributed by atoms with Crippen LogP contribution in [0.1, 0.15) is 19.7 Å². The predicted molar refractivity (Wildman–Crippen MR) is 80.0 cm³/mol. The van der Waals surface area contributed by atoms with E-state index in [-0.39, 0.29) is 0 Å². The highest BCUT2D eigenvalue weighted by Crippen LogP contribution is 2.21. The van der Waals surface area contributed by atoms with E-state index in [0.29, 0.717) is 23.4 Å². The van der Waals surface area contributed by atoms with Gasteiger partial charge in [0.1, 0.15) is 5.82 Å². The molecule has 0 bridgehead atoms. The SMILES string of the molecule is CC(C)COCCn1c(CCl)nc2cc(Cl)ccc21. The molecule has 0 saturated carbocycles. The Bertz CT molecular complexity index is 552. The molecule has 1 heterocycles. The lowest BCUT2D eigenvalue weighted by Gasteiger charge is -2.10. The smallest absolute Gasteiger partial charge is 0.124 e. The molecule has 104 valence electrons. The van der Waals surface area contributed by atoms with Crippen LogP contribution < -0.4 is 0 Å². The minimum absolute atomic E-state index is 0.385. The number of nitrogens with zero attached hydrogens (tertiary/aromatic N) is 2. The monoisotopic (exact) mass is 300 g/mol. The van der Waals surface area contributed by atoms with Crippen LogP contribution in [0.5, 0.6) is 0 Å². The second kappa shape index (κ2) is 6.60. The molecule has 0 saturated heterocycles. The fraction of sp³-hybridized carbons (Fsp3) is 0.500. The van der Waals surface area contributed by atoms with Crippen molar-refractivity contribution in [2.45, 2.75) is 26.3 Å². The molecule has 0 amide bonds. The van der Waals surface area contributed by atoms with Gasteiger partial charge in [-0.05, 0) is 24.1 Å². The first kappa shape index (κ1) is 14.6. The molecule has 2 aromatic rings. The molecule has 1 aromatic heterocycles. The first-order chi connectivity index (χ1) is 9.11. The summed E-state index contributed by atoms with van der Waals surface area (Å²) in [6, 6.07) is 5.70. The summed E-state index contributed by atoms with van der Waals surface area (Å²) >= 11 is 11.9. The lowest BCUT2D eigenvalue weighted by Crippen LogP contribution is -2.11. The summed E-state index contributed by atoms with van der Waals surface area (Å²) in [5, 5.41) is 0.689. The van der Waals surface area contributed by atoms with E-state index >= 15 is 0 Å². The third-order valence-electron chi connectivity index (χ3n) is 2.82. The van der Waals surface area contributed by atoms with Gasteiger partial charge in [0.25, 0.3) is 0 Å². The lowest BCUT2D eigenvalue weighted by molar-refractivity contribution is 0.103. The van der Waals surface area contributed by atoms with Crippen molar-refractivity contribution in [2.75, 3.05) is 13.2 Å². The van der Waals surface area contributed by atoms with E-state index in [1.54, 1.807) is 0 Å². The van der Waals surface area contributed by atoms with Gasteiger partial charge in [0.2, 0.25) is 0 Å². The summed E-state index contributed by atoms with van der Waals surface area (Å²) in [5.41, 5.74) is 1.93. The zero-order valence-electron chi connectivity index (χ0n) is 11.2. The number of benzene rings is 1. The Morgan fingerprint density at radius 2 is 2.16 bits per heavy atom. The number of ether oxygens (including phenoxy) is 1. The third kappa shape index (κ3) is 3.62. The summed E-state index contributed by atoms with van der Waals surface area (Å²) in [5.74, 6) is 1.79. The van der Waals surface area contributed by atoms with Crippen LogP contribution in [0.2, 0.25) is 5.02 Å². The highest BCUT2D eigenvalue weighted by molar-refractivity contribution is 6.31. The molecule has 0 aliphatic carbocycles. The number of alkyl halides is 1. The van der Waals surface area contributed by atoms with Gasteiger partial charge >= 0.3 is 0 Å². The van der Waals surface area contributed by atoms with Gasteiger partial charge in [0.15, 0.2) is 0 Å². The van der Waals surface area contributed by atoms with E-state index in [4.69, 9.17) is 27.9 Å². The van der Waals surface area contributed by atoms with Gasteiger partial charge in [0.05, 0.1) is 23.5 Å². The molecule has 0 aliphatic heterocycles. The molecular weight excluding hydrogens is 283 g/mol. The van der Waals surface area contributed by atoms with Crippen LogP contribution >= 0.6 is 23.2 Å². The first-order valence-corrected chi connectivity index (χ1v) is 7.31. The first-order valence-electron chi connectivity index (χ1n) is 6.40. The van der Waals surface area contributed by atoms with Gasteiger partial charge in [-0.25, -0.2) is 4.98 Å². The normalized spacial score (nSPS) is 11.6. The van der Waals surface area contributed by atoms with Crippen LogP contribution in [0.4, 0.5) is 0 Å². The lowest BCUT2D eigenvalue weighted by atomic mass is 10.2. The van der Waals surface area contributed by atoms with Gasteiger partial charge in [0, 0.05) is 18.2 Å². The highest BCUT2D eigenvalue weighted by atomic mass is 35.5. The fourth-order valence-electron chi connectivity index (χ4n) is 1.98. The number of aromatic nitrogens is 2. The molecule has 0 spiro atoms. The summed E-state index contributed by atoms with van der Waals surface area (Å²) < 4.78 is 7.72. The molecule has 19 heavy (non-hydrogen) atoms. The van der Waals surface area contributed by atoms with Crippen molar-refractivity contribution in [3.05, 3.63) is 29.0 Å². The number of hydrogen-bond acceptors (Lipinski definition) is 2. The van der Waals surface area contributed by atoms with Crippen molar-refractivity contribution in [2.24, 2.45) is 5.92 Å². The van der Waals surface area contributed by atoms with Crippen molar-refractivity contribution in [3.63, 3.8) is 0 Å². The summed E-state index contributed by atoms with van der Waals surface area (Å²) in [4.78, 5) is 4.50. The fourth-order valence-corrected chi connectivity index (χ4v) is 2.35. The standard InChI is InChI=1S/C14H18Cl2N2O/c1-10(2)9-19-6-5-18-13-4-3-11(16)7-12(13)17-14(18)8-15/h3-4,7,10H,5-6,8-9H2,1-2H3. The topological polar surface area (TPSA) is 27.1 Å². The molecule has 0 aliphatic rings. The zero-order valence-corrected chi connectivity index (χ0v) is 12.7. The van der Waals surface area contributed by atoms with Crippen LogP contribution in [-0.2, 0) is 17.2 Å². The number of halogens is 2. The van der Waals surface area contributed by atoms with E-state index in [2.05, 4.69) is 23.4 Å². The maximum Gasteiger partial charge on any atom is 0.124 e. The molecule has 3 nitrogen and oxygen atoms in total. The van der Waals surface area contributed by atoms with Gasteiger partial charge < -0.3 is 9.30 Å². The van der Waals surface area contributed by atoms with Crippen LogP contribution in [-0.4, -0.2) is 22.8 Å². The van der Waals surface area contributed by atoms with E-state index in [0.717, 1.165) is 30.0 Å². The average molecular weight is 301 g/mol. The van der Waals surface area contributed by atoms with Crippen LogP contribution in [0.15, 0.2) is 18.2 Å². The highest BCUT2D eigenvalue weighted by Gasteiger charge is 2.10. The Hall–Kier alpha value is -0.770. The van der Waals surface area contributed by atoms with Gasteiger partial charge in [-0.2, -0.15) is 0 Å². The Labute approximate surface area is 123 Å². The van der Waals surface area contributed by atoms with Crippen molar-refractivity contribution < 1.29 is 4.74 Å². The zero-order chi connectivity index (χ0) is 13.8. The second-order valence-electron chi connectivity index (χ2n) is 4.92. The summed E-state index contributed by atoms with van der Waals surface area (Å²) in [6.07, 6.45) is 0. The second-order valence-corrected chi connectivity index (χ2v) is 5.62. The number of hydrogen-bond donors (Lipinski definition) is 0. The summed E-state index contributed by atoms with van der Waals surface area (Å²) in [6.45, 7) is 6.47. The van der Waals surface area contributed by atoms with Crippen molar-refractivity contribution in [3.8, 4) is 0 Å². The molecule has 0 fully saturated rings. The van der Waals surface area contributed by atoms with Crippen LogP contribution in [0.25, 0.3) is 11.0 Å². The van der Waals surface area contributed by atoms with Crippen molar-refractivity contribution in [1.82, 2.24) is 9.55 Å². The van der Waals surface area contributed by atoms with Crippen molar-refractivity contribution in [1.29, 1.82) is 0 Å². The Balaban J connectivity index is 2.16. The Kier molecular flexibility index (Phi) is 5.08. The molecule has 5 heteroatoms. The molecule has 0 unspecified atom stereocenters. The van der Waals surface area contributed by atoms with Gasteiger partial charge in [-0.1, -0.05) is 25.4 Å². The Morgan fingerprint density at radius 3 is 2.84 bits per heavy atom. The van der Waals surface area contributed by atoms with Gasteiger partial charge in [-0.15, -0.1) is 11.6 Å². The predicted octanol–water partition coefficient (Wildman–Crippen LogP) is 4.10. The van der Waals surface area contributed by atoms with E-state index < -0.39 is 0 Å². The van der Waals surface area contributed by atoms with E-state index in [1.807, 2.05) is 18.2 Å². The number of imidazole rings is 1. The van der Waals surface area contributed by atoms with Gasteiger partial charge in [-0.3, -0.25) is 0 Å². The molecular formula is C14H18Cl2N2O. The van der Waals surface area contributed by atoms with E-state index in [1.165, 1.54) is 0 Å². The molecule has 0 radical (unpaired) electrons. The number of rotatable bonds is 6. The molecule has 1 aromatic carbocycles. The average Bonchev–Trinajstić information content (AvgIpc) is 2.71. The van der Waals surface area contributed by atoms with Crippen molar-refractivity contribution >= 4 is 34.2 Å².